The van der Waals surface area contributed by atoms with Crippen LogP contribution in [0.2, 0.25) is 0 Å². The first-order valence-corrected chi connectivity index (χ1v) is 5.40. The predicted octanol–water partition coefficient (Wildman–Crippen LogP) is 0.881. The highest BCUT2D eigenvalue weighted by atomic mass is 15.0. The van der Waals surface area contributed by atoms with Crippen LogP contribution in [0.4, 0.5) is 0 Å². The Hall–Kier alpha value is -1.42. The molecule has 4 nitrogen and oxygen atoms in total. The molecule has 1 atom stereocenters. The molecular formula is C11H14N4. The Morgan fingerprint density at radius 1 is 1.47 bits per heavy atom. The second kappa shape index (κ2) is 3.62. The first kappa shape index (κ1) is 8.85. The third-order valence-electron chi connectivity index (χ3n) is 3.04. The molecule has 78 valence electrons. The minimum absolute atomic E-state index is 0.740. The van der Waals surface area contributed by atoms with Crippen LogP contribution in [0, 0.1) is 5.92 Å². The molecule has 3 rings (SSSR count). The molecule has 2 aromatic rings. The van der Waals surface area contributed by atoms with Crippen molar-refractivity contribution in [2.45, 2.75) is 12.8 Å². The van der Waals surface area contributed by atoms with Gasteiger partial charge in [-0.1, -0.05) is 0 Å². The largest absolute Gasteiger partial charge is 0.316 e. The minimum Gasteiger partial charge on any atom is -0.316 e. The number of nitrogens with one attached hydrogen (secondary N) is 1. The molecule has 0 radical (unpaired) electrons. The number of nitrogens with zero attached hydrogens (tertiary/aromatic N) is 3. The van der Waals surface area contributed by atoms with E-state index in [1.54, 1.807) is 0 Å². The molecule has 0 spiro atoms. The highest BCUT2D eigenvalue weighted by molar-refractivity contribution is 5.42. The van der Waals surface area contributed by atoms with Crippen LogP contribution in [-0.2, 0) is 6.42 Å². The first-order valence-electron chi connectivity index (χ1n) is 5.40. The third kappa shape index (κ3) is 1.61. The summed E-state index contributed by atoms with van der Waals surface area (Å²) in [5.74, 6) is 1.89. The van der Waals surface area contributed by atoms with Gasteiger partial charge in [0.05, 0.1) is 17.9 Å². The maximum absolute atomic E-state index is 4.45. The lowest BCUT2D eigenvalue weighted by molar-refractivity contribution is 0.560. The van der Waals surface area contributed by atoms with E-state index in [4.69, 9.17) is 0 Å². The highest BCUT2D eigenvalue weighted by Crippen LogP contribution is 2.15. The second-order valence-electron chi connectivity index (χ2n) is 4.11. The van der Waals surface area contributed by atoms with Crippen molar-refractivity contribution in [1.82, 2.24) is 19.7 Å². The highest BCUT2D eigenvalue weighted by Gasteiger charge is 2.17. The van der Waals surface area contributed by atoms with Crippen LogP contribution < -0.4 is 5.32 Å². The molecule has 1 unspecified atom stereocenters. The van der Waals surface area contributed by atoms with E-state index in [1.807, 2.05) is 24.8 Å². The predicted molar refractivity (Wildman–Crippen MR) is 57.7 cm³/mol. The molecule has 1 aliphatic heterocycles. The van der Waals surface area contributed by atoms with Crippen molar-refractivity contribution in [2.75, 3.05) is 13.1 Å². The van der Waals surface area contributed by atoms with Gasteiger partial charge in [0.1, 0.15) is 5.82 Å². The molecule has 1 N–H and O–H groups in total. The Morgan fingerprint density at radius 2 is 2.47 bits per heavy atom. The fourth-order valence-electron chi connectivity index (χ4n) is 2.20. The summed E-state index contributed by atoms with van der Waals surface area (Å²) in [7, 11) is 0. The summed E-state index contributed by atoms with van der Waals surface area (Å²) in [6.45, 7) is 2.27. The molecule has 0 aliphatic carbocycles. The molecule has 1 fully saturated rings. The van der Waals surface area contributed by atoms with Gasteiger partial charge in [0.2, 0.25) is 0 Å². The van der Waals surface area contributed by atoms with Gasteiger partial charge in [-0.15, -0.1) is 0 Å². The number of imidazole rings is 1. The molecular weight excluding hydrogens is 188 g/mol. The van der Waals surface area contributed by atoms with Crippen molar-refractivity contribution < 1.29 is 0 Å². The standard InChI is InChI=1S/C11H14N4/c1-2-12-6-9(1)5-11-14-8-10-7-13-3-4-15(10)11/h3-4,7-9,12H,1-2,5-6H2. The molecule has 4 heteroatoms. The number of hydrogen-bond acceptors (Lipinski definition) is 3. The van der Waals surface area contributed by atoms with E-state index in [-0.39, 0.29) is 0 Å². The van der Waals surface area contributed by atoms with Crippen molar-refractivity contribution in [3.05, 3.63) is 30.6 Å². The zero-order chi connectivity index (χ0) is 10.1. The summed E-state index contributed by atoms with van der Waals surface area (Å²) in [5.41, 5.74) is 1.08. The lowest BCUT2D eigenvalue weighted by atomic mass is 10.1. The maximum Gasteiger partial charge on any atom is 0.113 e. The summed E-state index contributed by atoms with van der Waals surface area (Å²) in [5, 5.41) is 3.38. The van der Waals surface area contributed by atoms with Crippen LogP contribution in [0.3, 0.4) is 0 Å². The normalized spacial score (nSPS) is 21.2. The van der Waals surface area contributed by atoms with E-state index < -0.39 is 0 Å². The van der Waals surface area contributed by atoms with E-state index in [0.717, 1.165) is 36.8 Å². The van der Waals surface area contributed by atoms with E-state index >= 15 is 0 Å². The average Bonchev–Trinajstić information content (AvgIpc) is 2.89. The van der Waals surface area contributed by atoms with Gasteiger partial charge < -0.3 is 9.72 Å². The van der Waals surface area contributed by atoms with Gasteiger partial charge in [0.15, 0.2) is 0 Å². The average molecular weight is 202 g/mol. The van der Waals surface area contributed by atoms with Gasteiger partial charge in [-0.05, 0) is 25.4 Å². The van der Waals surface area contributed by atoms with E-state index in [2.05, 4.69) is 19.7 Å². The molecule has 0 amide bonds. The number of aromatic nitrogens is 3. The van der Waals surface area contributed by atoms with Crippen molar-refractivity contribution in [2.24, 2.45) is 5.92 Å². The molecule has 2 aromatic heterocycles. The van der Waals surface area contributed by atoms with Crippen LogP contribution >= 0.6 is 0 Å². The quantitative estimate of drug-likeness (QED) is 0.786. The van der Waals surface area contributed by atoms with E-state index in [9.17, 15) is 0 Å². The molecule has 15 heavy (non-hydrogen) atoms. The zero-order valence-electron chi connectivity index (χ0n) is 8.56. The summed E-state index contributed by atoms with van der Waals surface area (Å²) in [6.07, 6.45) is 9.87. The van der Waals surface area contributed by atoms with Crippen molar-refractivity contribution in [3.8, 4) is 0 Å². The smallest absolute Gasteiger partial charge is 0.113 e. The van der Waals surface area contributed by atoms with E-state index in [1.165, 1.54) is 6.42 Å². The summed E-state index contributed by atoms with van der Waals surface area (Å²) in [6, 6.07) is 0. The van der Waals surface area contributed by atoms with Gasteiger partial charge in [-0.2, -0.15) is 0 Å². The van der Waals surface area contributed by atoms with Gasteiger partial charge in [0, 0.05) is 18.8 Å². The van der Waals surface area contributed by atoms with Crippen LogP contribution in [0.15, 0.2) is 24.8 Å². The molecule has 0 aromatic carbocycles. The molecule has 3 heterocycles. The van der Waals surface area contributed by atoms with Crippen LogP contribution in [0.1, 0.15) is 12.2 Å². The van der Waals surface area contributed by atoms with Gasteiger partial charge in [0.25, 0.3) is 0 Å². The van der Waals surface area contributed by atoms with E-state index in [0.29, 0.717) is 0 Å². The van der Waals surface area contributed by atoms with Crippen molar-refractivity contribution in [1.29, 1.82) is 0 Å². The lowest BCUT2D eigenvalue weighted by Gasteiger charge is -2.06. The monoisotopic (exact) mass is 202 g/mol. The Labute approximate surface area is 88.4 Å². The minimum atomic E-state index is 0.740. The summed E-state index contributed by atoms with van der Waals surface area (Å²) < 4.78 is 2.13. The number of fused-ring (bicyclic) bond motifs is 1. The number of hydrogen-bond donors (Lipinski definition) is 1. The van der Waals surface area contributed by atoms with Gasteiger partial charge in [-0.3, -0.25) is 4.98 Å². The van der Waals surface area contributed by atoms with Crippen molar-refractivity contribution >= 4 is 5.52 Å². The van der Waals surface area contributed by atoms with Crippen molar-refractivity contribution in [3.63, 3.8) is 0 Å². The van der Waals surface area contributed by atoms with Crippen LogP contribution in [0.5, 0.6) is 0 Å². The Balaban J connectivity index is 1.90. The summed E-state index contributed by atoms with van der Waals surface area (Å²) in [4.78, 5) is 8.54. The second-order valence-corrected chi connectivity index (χ2v) is 4.11. The lowest BCUT2D eigenvalue weighted by Crippen LogP contribution is -2.12. The Kier molecular flexibility index (Phi) is 2.14. The molecule has 0 bridgehead atoms. The van der Waals surface area contributed by atoms with Crippen LogP contribution in [-0.4, -0.2) is 27.5 Å². The molecule has 0 saturated carbocycles. The third-order valence-corrected chi connectivity index (χ3v) is 3.04. The topological polar surface area (TPSA) is 42.2 Å². The zero-order valence-corrected chi connectivity index (χ0v) is 8.56. The fraction of sp³-hybridized carbons (Fsp3) is 0.455. The van der Waals surface area contributed by atoms with Gasteiger partial charge in [-0.25, -0.2) is 4.98 Å². The van der Waals surface area contributed by atoms with Gasteiger partial charge >= 0.3 is 0 Å². The molecule has 1 saturated heterocycles. The summed E-state index contributed by atoms with van der Waals surface area (Å²) >= 11 is 0. The van der Waals surface area contributed by atoms with Crippen LogP contribution in [0.25, 0.3) is 5.52 Å². The first-order chi connectivity index (χ1) is 7.43. The fourth-order valence-corrected chi connectivity index (χ4v) is 2.20. The molecule has 1 aliphatic rings. The Morgan fingerprint density at radius 3 is 3.33 bits per heavy atom. The number of rotatable bonds is 2. The maximum atomic E-state index is 4.45. The SMILES string of the molecule is c1cn2c(CC3CCNC3)ncc2cn1. The Bertz CT molecular complexity index is 456.